The Morgan fingerprint density at radius 2 is 1.75 bits per heavy atom. The molecule has 0 aliphatic rings. The Morgan fingerprint density at radius 3 is 2.40 bits per heavy atom. The first kappa shape index (κ1) is 14.7. The molecule has 0 spiro atoms. The SMILES string of the molecule is FC(F)(F)Oc1cccc(NCc2ccc(Br)cc2)c1. The third-order valence-electron chi connectivity index (χ3n) is 2.48. The molecule has 0 unspecified atom stereocenters. The van der Waals surface area contributed by atoms with Gasteiger partial charge in [0.15, 0.2) is 0 Å². The molecule has 2 aromatic carbocycles. The molecular weight excluding hydrogens is 335 g/mol. The van der Waals surface area contributed by atoms with Crippen LogP contribution in [-0.2, 0) is 6.54 Å². The number of ether oxygens (including phenoxy) is 1. The Bertz CT molecular complexity index is 569. The normalized spacial score (nSPS) is 11.2. The molecule has 0 radical (unpaired) electrons. The minimum absolute atomic E-state index is 0.238. The van der Waals surface area contributed by atoms with Crippen molar-refractivity contribution < 1.29 is 17.9 Å². The molecule has 6 heteroatoms. The molecule has 0 aliphatic carbocycles. The van der Waals surface area contributed by atoms with E-state index in [0.29, 0.717) is 12.2 Å². The predicted molar refractivity (Wildman–Crippen MR) is 74.6 cm³/mol. The maximum atomic E-state index is 12.1. The van der Waals surface area contributed by atoms with Crippen LogP contribution in [0.5, 0.6) is 5.75 Å². The Hall–Kier alpha value is -1.69. The molecule has 1 N–H and O–H groups in total. The van der Waals surface area contributed by atoms with Crippen LogP contribution >= 0.6 is 15.9 Å². The Labute approximate surface area is 122 Å². The van der Waals surface area contributed by atoms with Crippen LogP contribution in [0, 0.1) is 0 Å². The highest BCUT2D eigenvalue weighted by Gasteiger charge is 2.31. The molecule has 0 aliphatic heterocycles. The van der Waals surface area contributed by atoms with E-state index in [-0.39, 0.29) is 5.75 Å². The van der Waals surface area contributed by atoms with Gasteiger partial charge < -0.3 is 10.1 Å². The Morgan fingerprint density at radius 1 is 1.05 bits per heavy atom. The lowest BCUT2D eigenvalue weighted by molar-refractivity contribution is -0.274. The molecule has 0 fully saturated rings. The van der Waals surface area contributed by atoms with Crippen LogP contribution in [0.4, 0.5) is 18.9 Å². The summed E-state index contributed by atoms with van der Waals surface area (Å²) in [6, 6.07) is 13.4. The van der Waals surface area contributed by atoms with E-state index in [2.05, 4.69) is 26.0 Å². The third kappa shape index (κ3) is 4.77. The minimum atomic E-state index is -4.68. The molecule has 0 heterocycles. The van der Waals surface area contributed by atoms with Gasteiger partial charge in [0, 0.05) is 22.8 Å². The number of alkyl halides is 3. The van der Waals surface area contributed by atoms with E-state index in [9.17, 15) is 13.2 Å². The van der Waals surface area contributed by atoms with Crippen molar-refractivity contribution in [1.29, 1.82) is 0 Å². The summed E-state index contributed by atoms with van der Waals surface area (Å²) in [7, 11) is 0. The van der Waals surface area contributed by atoms with E-state index in [1.165, 1.54) is 18.2 Å². The van der Waals surface area contributed by atoms with Gasteiger partial charge in [0.05, 0.1) is 0 Å². The average molecular weight is 346 g/mol. The second kappa shape index (κ2) is 6.17. The fourth-order valence-corrected chi connectivity index (χ4v) is 1.87. The van der Waals surface area contributed by atoms with Crippen molar-refractivity contribution >= 4 is 21.6 Å². The number of hydrogen-bond acceptors (Lipinski definition) is 2. The van der Waals surface area contributed by atoms with Crippen LogP contribution in [0.25, 0.3) is 0 Å². The second-order valence-electron chi connectivity index (χ2n) is 4.06. The fourth-order valence-electron chi connectivity index (χ4n) is 1.61. The van der Waals surface area contributed by atoms with Gasteiger partial charge >= 0.3 is 6.36 Å². The number of anilines is 1. The molecule has 0 saturated heterocycles. The largest absolute Gasteiger partial charge is 0.573 e. The summed E-state index contributed by atoms with van der Waals surface area (Å²) < 4.78 is 41.2. The van der Waals surface area contributed by atoms with Gasteiger partial charge in [-0.1, -0.05) is 34.1 Å². The zero-order valence-electron chi connectivity index (χ0n) is 10.2. The lowest BCUT2D eigenvalue weighted by atomic mass is 10.2. The minimum Gasteiger partial charge on any atom is -0.406 e. The topological polar surface area (TPSA) is 21.3 Å². The summed E-state index contributed by atoms with van der Waals surface area (Å²) in [5.74, 6) is -0.238. The Balaban J connectivity index is 1.99. The van der Waals surface area contributed by atoms with Crippen LogP contribution in [0.3, 0.4) is 0 Å². The monoisotopic (exact) mass is 345 g/mol. The van der Waals surface area contributed by atoms with Crippen molar-refractivity contribution in [2.45, 2.75) is 12.9 Å². The van der Waals surface area contributed by atoms with E-state index in [1.807, 2.05) is 24.3 Å². The summed E-state index contributed by atoms with van der Waals surface area (Å²) in [4.78, 5) is 0. The molecule has 20 heavy (non-hydrogen) atoms. The highest BCUT2D eigenvalue weighted by molar-refractivity contribution is 9.10. The molecule has 0 bridgehead atoms. The van der Waals surface area contributed by atoms with Crippen molar-refractivity contribution in [3.05, 3.63) is 58.6 Å². The maximum absolute atomic E-state index is 12.1. The molecule has 0 aromatic heterocycles. The van der Waals surface area contributed by atoms with Gasteiger partial charge in [0.25, 0.3) is 0 Å². The van der Waals surface area contributed by atoms with Crippen molar-refractivity contribution in [2.75, 3.05) is 5.32 Å². The van der Waals surface area contributed by atoms with Crippen molar-refractivity contribution in [3.8, 4) is 5.75 Å². The number of benzene rings is 2. The summed E-state index contributed by atoms with van der Waals surface area (Å²) in [6.45, 7) is 0.517. The standard InChI is InChI=1S/C14H11BrF3NO/c15-11-6-4-10(5-7-11)9-19-12-2-1-3-13(8-12)20-14(16,17)18/h1-8,19H,9H2. The van der Waals surface area contributed by atoms with Crippen LogP contribution in [0.15, 0.2) is 53.0 Å². The highest BCUT2D eigenvalue weighted by Crippen LogP contribution is 2.25. The van der Waals surface area contributed by atoms with Crippen LogP contribution in [-0.4, -0.2) is 6.36 Å². The first-order chi connectivity index (χ1) is 9.42. The van der Waals surface area contributed by atoms with Gasteiger partial charge in [-0.25, -0.2) is 0 Å². The summed E-state index contributed by atoms with van der Waals surface area (Å²) >= 11 is 3.34. The van der Waals surface area contributed by atoms with E-state index in [4.69, 9.17) is 0 Å². The molecule has 2 aromatic rings. The van der Waals surface area contributed by atoms with Gasteiger partial charge in [-0.2, -0.15) is 0 Å². The molecular formula is C14H11BrF3NO. The van der Waals surface area contributed by atoms with Crippen molar-refractivity contribution in [3.63, 3.8) is 0 Å². The average Bonchev–Trinajstić information content (AvgIpc) is 2.36. The number of rotatable bonds is 4. The van der Waals surface area contributed by atoms with Crippen molar-refractivity contribution in [2.24, 2.45) is 0 Å². The third-order valence-corrected chi connectivity index (χ3v) is 3.01. The zero-order valence-corrected chi connectivity index (χ0v) is 11.8. The maximum Gasteiger partial charge on any atom is 0.573 e. The highest BCUT2D eigenvalue weighted by atomic mass is 79.9. The molecule has 2 nitrogen and oxygen atoms in total. The van der Waals surface area contributed by atoms with Gasteiger partial charge in [0.1, 0.15) is 5.75 Å². The molecule has 0 atom stereocenters. The summed E-state index contributed by atoms with van der Waals surface area (Å²) in [6.07, 6.45) is -4.68. The second-order valence-corrected chi connectivity index (χ2v) is 4.97. The van der Waals surface area contributed by atoms with Gasteiger partial charge in [-0.3, -0.25) is 0 Å². The number of hydrogen-bond donors (Lipinski definition) is 1. The van der Waals surface area contributed by atoms with Gasteiger partial charge in [-0.05, 0) is 29.8 Å². The Kier molecular flexibility index (Phi) is 4.54. The van der Waals surface area contributed by atoms with E-state index in [0.717, 1.165) is 10.0 Å². The molecule has 2 rings (SSSR count). The zero-order chi connectivity index (χ0) is 14.6. The number of halogens is 4. The lowest BCUT2D eigenvalue weighted by Crippen LogP contribution is -2.17. The quantitative estimate of drug-likeness (QED) is 0.845. The van der Waals surface area contributed by atoms with Gasteiger partial charge in [0.2, 0.25) is 0 Å². The lowest BCUT2D eigenvalue weighted by Gasteiger charge is -2.11. The van der Waals surface area contributed by atoms with E-state index in [1.54, 1.807) is 6.07 Å². The van der Waals surface area contributed by atoms with E-state index < -0.39 is 6.36 Å². The summed E-state index contributed by atoms with van der Waals surface area (Å²) in [5.41, 5.74) is 1.59. The first-order valence-electron chi connectivity index (χ1n) is 5.76. The van der Waals surface area contributed by atoms with Crippen LogP contribution in [0.2, 0.25) is 0 Å². The molecule has 106 valence electrons. The first-order valence-corrected chi connectivity index (χ1v) is 6.56. The van der Waals surface area contributed by atoms with Gasteiger partial charge in [-0.15, -0.1) is 13.2 Å². The number of nitrogens with one attached hydrogen (secondary N) is 1. The molecule has 0 saturated carbocycles. The van der Waals surface area contributed by atoms with Crippen molar-refractivity contribution in [1.82, 2.24) is 0 Å². The smallest absolute Gasteiger partial charge is 0.406 e. The van der Waals surface area contributed by atoms with Crippen LogP contribution in [0.1, 0.15) is 5.56 Å². The predicted octanol–water partition coefficient (Wildman–Crippen LogP) is 4.96. The summed E-state index contributed by atoms with van der Waals surface area (Å²) in [5, 5.41) is 3.04. The fraction of sp³-hybridized carbons (Fsp3) is 0.143. The van der Waals surface area contributed by atoms with E-state index >= 15 is 0 Å². The van der Waals surface area contributed by atoms with Crippen LogP contribution < -0.4 is 10.1 Å². The molecule has 0 amide bonds.